The highest BCUT2D eigenvalue weighted by Crippen LogP contribution is 2.19. The van der Waals surface area contributed by atoms with Gasteiger partial charge in [0.1, 0.15) is 11.6 Å². The maximum absolute atomic E-state index is 8.85. The lowest BCUT2D eigenvalue weighted by molar-refractivity contribution is 0.288. The number of nitrogens with two attached hydrogens (primary N) is 2. The van der Waals surface area contributed by atoms with Gasteiger partial charge in [0.05, 0.1) is 11.0 Å². The number of pyridine rings is 2. The van der Waals surface area contributed by atoms with Crippen molar-refractivity contribution in [3.8, 4) is 0 Å². The van der Waals surface area contributed by atoms with Crippen LogP contribution in [0.25, 0.3) is 16.6 Å². The van der Waals surface area contributed by atoms with Crippen molar-refractivity contribution in [1.29, 1.82) is 5.41 Å². The molecular weight excluding hydrogens is 366 g/mol. The molecule has 0 aliphatic heterocycles. The van der Waals surface area contributed by atoms with Gasteiger partial charge in [-0.15, -0.1) is 0 Å². The van der Waals surface area contributed by atoms with E-state index < -0.39 is 0 Å². The van der Waals surface area contributed by atoms with Crippen molar-refractivity contribution >= 4 is 28.6 Å². The largest absolute Gasteiger partial charge is 0.404 e. The predicted octanol–water partition coefficient (Wildman–Crippen LogP) is 2.30. The van der Waals surface area contributed by atoms with Crippen molar-refractivity contribution in [3.05, 3.63) is 59.8 Å². The van der Waals surface area contributed by atoms with Crippen LogP contribution in [0.2, 0.25) is 0 Å². The summed E-state index contributed by atoms with van der Waals surface area (Å²) < 4.78 is 0. The molecule has 0 fully saturated rings. The van der Waals surface area contributed by atoms with Gasteiger partial charge < -0.3 is 32.6 Å². The molecule has 2 aromatic rings. The highest BCUT2D eigenvalue weighted by molar-refractivity contribution is 6.08. The minimum absolute atomic E-state index is 0.120. The number of hydrogen-bond donors (Lipinski definition) is 6. The van der Waals surface area contributed by atoms with Gasteiger partial charge in [0, 0.05) is 42.9 Å². The Morgan fingerprint density at radius 2 is 2.10 bits per heavy atom. The average molecular weight is 396 g/mol. The number of rotatable bonds is 10. The zero-order chi connectivity index (χ0) is 21.2. The summed E-state index contributed by atoms with van der Waals surface area (Å²) in [5.41, 5.74) is 15.5. The van der Waals surface area contributed by atoms with Gasteiger partial charge in [0.25, 0.3) is 0 Å². The zero-order valence-electron chi connectivity index (χ0n) is 16.8. The molecule has 0 aromatic carbocycles. The molecule has 29 heavy (non-hydrogen) atoms. The topological polar surface area (TPSA) is 146 Å². The Labute approximate surface area is 170 Å². The van der Waals surface area contributed by atoms with Crippen molar-refractivity contribution in [3.63, 3.8) is 0 Å². The number of nitrogens with zero attached hydrogens (tertiary/aromatic N) is 2. The Morgan fingerprint density at radius 3 is 2.76 bits per heavy atom. The first kappa shape index (κ1) is 21.9. The molecule has 154 valence electrons. The first-order valence-electron chi connectivity index (χ1n) is 9.46. The van der Waals surface area contributed by atoms with E-state index in [1.807, 2.05) is 26.0 Å². The van der Waals surface area contributed by atoms with Gasteiger partial charge in [-0.3, -0.25) is 4.98 Å². The van der Waals surface area contributed by atoms with Crippen molar-refractivity contribution in [2.24, 2.45) is 17.4 Å². The Kier molecular flexibility index (Phi) is 8.17. The van der Waals surface area contributed by atoms with Gasteiger partial charge in [0.15, 0.2) is 0 Å². The quantitative estimate of drug-likeness (QED) is 0.205. The molecule has 0 saturated carbocycles. The standard InChI is InChI=1S/C21H29N7O/c1-14(2)15(10-22)9-20(24)28-21-5-4-18-19(27-21)8-16(13-26-18)17(11-23)12-25-6-3-7-29/h4-5,8-14,23,25,29H,3,6-7,22,24H2,1-2H3,(H,27,28)/b15-10+,17-12+,20-9+,23-11?. The highest BCUT2D eigenvalue weighted by atomic mass is 16.3. The molecule has 2 aromatic heterocycles. The van der Waals surface area contributed by atoms with Crippen LogP contribution in [0.4, 0.5) is 5.82 Å². The third-order valence-electron chi connectivity index (χ3n) is 4.22. The number of allylic oxidation sites excluding steroid dienone is 3. The fourth-order valence-corrected chi connectivity index (χ4v) is 2.58. The summed E-state index contributed by atoms with van der Waals surface area (Å²) in [6.45, 7) is 4.83. The van der Waals surface area contributed by atoms with Gasteiger partial charge in [-0.05, 0) is 48.4 Å². The summed E-state index contributed by atoms with van der Waals surface area (Å²) in [7, 11) is 0. The molecule has 0 unspecified atom stereocenters. The molecule has 0 spiro atoms. The van der Waals surface area contributed by atoms with E-state index in [-0.39, 0.29) is 12.5 Å². The molecule has 8 N–H and O–H groups in total. The average Bonchev–Trinajstić information content (AvgIpc) is 2.71. The first-order valence-corrected chi connectivity index (χ1v) is 9.46. The van der Waals surface area contributed by atoms with E-state index in [0.29, 0.717) is 35.7 Å². The van der Waals surface area contributed by atoms with E-state index in [0.717, 1.165) is 16.7 Å². The van der Waals surface area contributed by atoms with Crippen LogP contribution in [-0.4, -0.2) is 34.4 Å². The van der Waals surface area contributed by atoms with Crippen molar-refractivity contribution in [2.75, 3.05) is 18.5 Å². The molecule has 8 nitrogen and oxygen atoms in total. The van der Waals surface area contributed by atoms with E-state index in [2.05, 4.69) is 20.6 Å². The summed E-state index contributed by atoms with van der Waals surface area (Å²) in [4.78, 5) is 9.01. The second-order valence-corrected chi connectivity index (χ2v) is 6.78. The fraction of sp³-hybridized carbons (Fsp3) is 0.286. The Bertz CT molecular complexity index is 932. The minimum atomic E-state index is 0.120. The second-order valence-electron chi connectivity index (χ2n) is 6.78. The lowest BCUT2D eigenvalue weighted by Gasteiger charge is -2.10. The zero-order valence-corrected chi connectivity index (χ0v) is 16.8. The number of nitrogens with one attached hydrogen (secondary N) is 3. The molecule has 0 amide bonds. The maximum atomic E-state index is 8.85. The molecule has 0 aliphatic rings. The van der Waals surface area contributed by atoms with Crippen LogP contribution in [0.5, 0.6) is 0 Å². The number of aromatic nitrogens is 2. The van der Waals surface area contributed by atoms with E-state index >= 15 is 0 Å². The summed E-state index contributed by atoms with van der Waals surface area (Å²) >= 11 is 0. The smallest absolute Gasteiger partial charge is 0.132 e. The lowest BCUT2D eigenvalue weighted by atomic mass is 10.0. The molecule has 2 rings (SSSR count). The number of hydrogen-bond acceptors (Lipinski definition) is 8. The van der Waals surface area contributed by atoms with E-state index in [1.165, 1.54) is 6.21 Å². The van der Waals surface area contributed by atoms with Crippen LogP contribution in [0, 0.1) is 11.3 Å². The molecule has 0 bridgehead atoms. The van der Waals surface area contributed by atoms with Crippen LogP contribution in [-0.2, 0) is 0 Å². The number of aliphatic hydroxyl groups excluding tert-OH is 1. The van der Waals surface area contributed by atoms with Crippen LogP contribution in [0.15, 0.2) is 54.3 Å². The van der Waals surface area contributed by atoms with Gasteiger partial charge in [-0.2, -0.15) is 0 Å². The third-order valence-corrected chi connectivity index (χ3v) is 4.22. The van der Waals surface area contributed by atoms with Crippen LogP contribution in [0.3, 0.4) is 0 Å². The summed E-state index contributed by atoms with van der Waals surface area (Å²) in [6, 6.07) is 5.54. The Hall–Kier alpha value is -3.39. The SMILES string of the molecule is CC(C)C(=C/N)/C=C(\N)Nc1ccc2ncc(/C(C=N)=C/NCCCO)cc2n1. The van der Waals surface area contributed by atoms with E-state index in [1.54, 1.807) is 30.7 Å². The summed E-state index contributed by atoms with van der Waals surface area (Å²) in [5.74, 6) is 1.29. The lowest BCUT2D eigenvalue weighted by Crippen LogP contribution is -2.12. The predicted molar refractivity (Wildman–Crippen MR) is 119 cm³/mol. The van der Waals surface area contributed by atoms with E-state index in [4.69, 9.17) is 22.0 Å². The summed E-state index contributed by atoms with van der Waals surface area (Å²) in [6.07, 6.45) is 8.67. The second kappa shape index (κ2) is 10.8. The van der Waals surface area contributed by atoms with Crippen LogP contribution in [0.1, 0.15) is 25.8 Å². The van der Waals surface area contributed by atoms with Crippen molar-refractivity contribution in [2.45, 2.75) is 20.3 Å². The van der Waals surface area contributed by atoms with Gasteiger partial charge in [0.2, 0.25) is 0 Å². The number of aliphatic hydroxyl groups is 1. The monoisotopic (exact) mass is 395 g/mol. The van der Waals surface area contributed by atoms with Gasteiger partial charge in [-0.25, -0.2) is 4.98 Å². The molecule has 0 aliphatic carbocycles. The van der Waals surface area contributed by atoms with Gasteiger partial charge in [-0.1, -0.05) is 13.8 Å². The summed E-state index contributed by atoms with van der Waals surface area (Å²) in [5, 5.41) is 22.7. The van der Waals surface area contributed by atoms with Crippen molar-refractivity contribution < 1.29 is 5.11 Å². The van der Waals surface area contributed by atoms with Crippen molar-refractivity contribution in [1.82, 2.24) is 15.3 Å². The molecule has 2 heterocycles. The molecule has 0 atom stereocenters. The first-order chi connectivity index (χ1) is 14.0. The maximum Gasteiger partial charge on any atom is 0.132 e. The molecule has 0 radical (unpaired) electrons. The molecule has 8 heteroatoms. The minimum Gasteiger partial charge on any atom is -0.404 e. The van der Waals surface area contributed by atoms with Crippen LogP contribution >= 0.6 is 0 Å². The molecule has 0 saturated heterocycles. The van der Waals surface area contributed by atoms with Gasteiger partial charge >= 0.3 is 0 Å². The number of anilines is 1. The van der Waals surface area contributed by atoms with Crippen LogP contribution < -0.4 is 22.1 Å². The fourth-order valence-electron chi connectivity index (χ4n) is 2.58. The Balaban J connectivity index is 2.26. The van der Waals surface area contributed by atoms with E-state index in [9.17, 15) is 0 Å². The third kappa shape index (κ3) is 6.32. The molecular formula is C21H29N7O. The Morgan fingerprint density at radius 1 is 1.31 bits per heavy atom. The number of fused-ring (bicyclic) bond motifs is 1. The highest BCUT2D eigenvalue weighted by Gasteiger charge is 2.06. The normalized spacial score (nSPS) is 13.0.